The number of hydrogen-bond acceptors (Lipinski definition) is 4. The van der Waals surface area contributed by atoms with Crippen LogP contribution in [0, 0.1) is 0 Å². The highest BCUT2D eigenvalue weighted by molar-refractivity contribution is 7.22. The minimum atomic E-state index is 0.0125. The van der Waals surface area contributed by atoms with Gasteiger partial charge in [0.25, 0.3) is 0 Å². The molecule has 90 valence electrons. The van der Waals surface area contributed by atoms with E-state index >= 15 is 0 Å². The summed E-state index contributed by atoms with van der Waals surface area (Å²) in [6, 6.07) is 5.70. The molecular weight excluding hydrogens is 236 g/mol. The predicted molar refractivity (Wildman–Crippen MR) is 69.7 cm³/mol. The lowest BCUT2D eigenvalue weighted by atomic mass is 10.3. The largest absolute Gasteiger partial charge is 0.497 e. The third kappa shape index (κ3) is 2.74. The number of methoxy groups -OCH3 is 1. The molecule has 0 saturated carbocycles. The highest BCUT2D eigenvalue weighted by Gasteiger charge is 2.07. The molecule has 0 atom stereocenters. The molecular formula is C12H14N2O2S. The zero-order valence-electron chi connectivity index (χ0n) is 9.82. The van der Waals surface area contributed by atoms with E-state index in [9.17, 15) is 4.79 Å². The second-order valence-electron chi connectivity index (χ2n) is 3.65. The molecule has 1 aromatic heterocycles. The second kappa shape index (κ2) is 5.14. The first-order valence-electron chi connectivity index (χ1n) is 5.47. The first-order valence-corrected chi connectivity index (χ1v) is 6.29. The van der Waals surface area contributed by atoms with E-state index in [-0.39, 0.29) is 5.91 Å². The van der Waals surface area contributed by atoms with Gasteiger partial charge < -0.3 is 10.1 Å². The molecule has 0 spiro atoms. The van der Waals surface area contributed by atoms with E-state index in [1.165, 1.54) is 11.3 Å². The summed E-state index contributed by atoms with van der Waals surface area (Å²) in [7, 11) is 1.62. The summed E-state index contributed by atoms with van der Waals surface area (Å²) in [6.45, 7) is 1.97. The van der Waals surface area contributed by atoms with E-state index in [0.717, 1.165) is 22.4 Å². The van der Waals surface area contributed by atoms with Crippen molar-refractivity contribution in [3.63, 3.8) is 0 Å². The summed E-state index contributed by atoms with van der Waals surface area (Å²) >= 11 is 1.47. The number of benzene rings is 1. The molecule has 1 N–H and O–H groups in total. The van der Waals surface area contributed by atoms with Gasteiger partial charge in [0.2, 0.25) is 5.91 Å². The van der Waals surface area contributed by atoms with Gasteiger partial charge in [0.1, 0.15) is 5.75 Å². The topological polar surface area (TPSA) is 51.2 Å². The van der Waals surface area contributed by atoms with Crippen LogP contribution in [0.4, 0.5) is 5.13 Å². The van der Waals surface area contributed by atoms with E-state index < -0.39 is 0 Å². The lowest BCUT2D eigenvalue weighted by molar-refractivity contribution is -0.116. The summed E-state index contributed by atoms with van der Waals surface area (Å²) in [5, 5.41) is 3.44. The monoisotopic (exact) mass is 250 g/mol. The Morgan fingerprint density at radius 3 is 3.06 bits per heavy atom. The van der Waals surface area contributed by atoms with E-state index in [2.05, 4.69) is 10.3 Å². The summed E-state index contributed by atoms with van der Waals surface area (Å²) in [5.74, 6) is 0.785. The quantitative estimate of drug-likeness (QED) is 0.907. The van der Waals surface area contributed by atoms with E-state index in [1.54, 1.807) is 7.11 Å². The Hall–Kier alpha value is -1.62. The summed E-state index contributed by atoms with van der Waals surface area (Å²) in [6.07, 6.45) is 1.36. The molecule has 0 aliphatic rings. The van der Waals surface area contributed by atoms with Crippen LogP contribution < -0.4 is 10.1 Å². The third-order valence-electron chi connectivity index (χ3n) is 2.32. The fourth-order valence-corrected chi connectivity index (χ4v) is 2.36. The van der Waals surface area contributed by atoms with Crippen molar-refractivity contribution in [3.05, 3.63) is 18.2 Å². The van der Waals surface area contributed by atoms with Gasteiger partial charge in [-0.2, -0.15) is 0 Å². The number of fused-ring (bicyclic) bond motifs is 1. The zero-order valence-corrected chi connectivity index (χ0v) is 10.6. The fourth-order valence-electron chi connectivity index (χ4n) is 1.50. The first-order chi connectivity index (χ1) is 8.22. The van der Waals surface area contributed by atoms with Crippen molar-refractivity contribution in [2.24, 2.45) is 0 Å². The van der Waals surface area contributed by atoms with Gasteiger partial charge in [0.05, 0.1) is 17.3 Å². The van der Waals surface area contributed by atoms with Crippen LogP contribution in [0.15, 0.2) is 18.2 Å². The molecule has 0 radical (unpaired) electrons. The predicted octanol–water partition coefficient (Wildman–Crippen LogP) is 3.04. The van der Waals surface area contributed by atoms with Crippen molar-refractivity contribution in [1.29, 1.82) is 0 Å². The lowest BCUT2D eigenvalue weighted by Gasteiger charge is -1.97. The molecule has 0 saturated heterocycles. The van der Waals surface area contributed by atoms with Crippen molar-refractivity contribution in [3.8, 4) is 5.75 Å². The Morgan fingerprint density at radius 2 is 2.35 bits per heavy atom. The molecule has 0 unspecified atom stereocenters. The smallest absolute Gasteiger partial charge is 0.226 e. The molecule has 0 aliphatic carbocycles. The molecule has 2 aromatic rings. The van der Waals surface area contributed by atoms with Gasteiger partial charge in [0.15, 0.2) is 5.13 Å². The van der Waals surface area contributed by atoms with Gasteiger partial charge in [-0.1, -0.05) is 18.3 Å². The Morgan fingerprint density at radius 1 is 1.53 bits per heavy atom. The van der Waals surface area contributed by atoms with Crippen LogP contribution in [0.1, 0.15) is 19.8 Å². The van der Waals surface area contributed by atoms with Crippen LogP contribution in [-0.2, 0) is 4.79 Å². The number of ether oxygens (including phenoxy) is 1. The average molecular weight is 250 g/mol. The molecule has 4 nitrogen and oxygen atoms in total. The maximum absolute atomic E-state index is 11.4. The van der Waals surface area contributed by atoms with Gasteiger partial charge in [-0.05, 0) is 18.6 Å². The van der Waals surface area contributed by atoms with Crippen LogP contribution in [0.5, 0.6) is 5.75 Å². The number of hydrogen-bond donors (Lipinski definition) is 1. The normalized spacial score (nSPS) is 10.5. The summed E-state index contributed by atoms with van der Waals surface area (Å²) in [5.41, 5.74) is 0.848. The van der Waals surface area contributed by atoms with Crippen LogP contribution in [0.2, 0.25) is 0 Å². The number of carbonyl (C=O) groups is 1. The maximum Gasteiger partial charge on any atom is 0.226 e. The van der Waals surface area contributed by atoms with Crippen molar-refractivity contribution >= 4 is 32.6 Å². The first kappa shape index (κ1) is 11.9. The van der Waals surface area contributed by atoms with Gasteiger partial charge in [-0.15, -0.1) is 0 Å². The number of amides is 1. The zero-order chi connectivity index (χ0) is 12.3. The van der Waals surface area contributed by atoms with E-state index in [1.807, 2.05) is 25.1 Å². The molecule has 1 heterocycles. The Balaban J connectivity index is 2.22. The van der Waals surface area contributed by atoms with Crippen molar-refractivity contribution in [1.82, 2.24) is 4.98 Å². The Kier molecular flexibility index (Phi) is 3.58. The van der Waals surface area contributed by atoms with Gasteiger partial charge in [-0.3, -0.25) is 4.79 Å². The second-order valence-corrected chi connectivity index (χ2v) is 4.68. The number of anilines is 1. The van der Waals surface area contributed by atoms with Crippen molar-refractivity contribution < 1.29 is 9.53 Å². The van der Waals surface area contributed by atoms with Gasteiger partial charge in [0, 0.05) is 12.5 Å². The fraction of sp³-hybridized carbons (Fsp3) is 0.333. The number of nitrogens with one attached hydrogen (secondary N) is 1. The van der Waals surface area contributed by atoms with Crippen LogP contribution in [0.3, 0.4) is 0 Å². The highest BCUT2D eigenvalue weighted by atomic mass is 32.1. The summed E-state index contributed by atoms with van der Waals surface area (Å²) in [4.78, 5) is 15.8. The number of carbonyl (C=O) groups excluding carboxylic acids is 1. The molecule has 5 heteroatoms. The summed E-state index contributed by atoms with van der Waals surface area (Å²) < 4.78 is 6.17. The number of nitrogens with zero attached hydrogens (tertiary/aromatic N) is 1. The van der Waals surface area contributed by atoms with Gasteiger partial charge in [-0.25, -0.2) is 4.98 Å². The molecule has 1 amide bonds. The maximum atomic E-state index is 11.4. The SMILES string of the molecule is CCCC(=O)Nc1nc2cc(OC)ccc2s1. The number of aromatic nitrogens is 1. The standard InChI is InChI=1S/C12H14N2O2S/c1-3-4-11(15)14-12-13-9-7-8(16-2)5-6-10(9)17-12/h5-7H,3-4H2,1-2H3,(H,13,14,15). The molecule has 0 bridgehead atoms. The molecule has 2 rings (SSSR count). The van der Waals surface area contributed by atoms with Crippen LogP contribution >= 0.6 is 11.3 Å². The minimum Gasteiger partial charge on any atom is -0.497 e. The third-order valence-corrected chi connectivity index (χ3v) is 3.27. The average Bonchev–Trinajstić information content (AvgIpc) is 2.69. The van der Waals surface area contributed by atoms with Crippen molar-refractivity contribution in [2.75, 3.05) is 12.4 Å². The lowest BCUT2D eigenvalue weighted by Crippen LogP contribution is -2.09. The Labute approximate surface area is 104 Å². The van der Waals surface area contributed by atoms with E-state index in [4.69, 9.17) is 4.74 Å². The molecule has 0 fully saturated rings. The molecule has 0 aliphatic heterocycles. The number of rotatable bonds is 4. The van der Waals surface area contributed by atoms with E-state index in [0.29, 0.717) is 11.6 Å². The van der Waals surface area contributed by atoms with Crippen LogP contribution in [0.25, 0.3) is 10.2 Å². The van der Waals surface area contributed by atoms with Crippen LogP contribution in [-0.4, -0.2) is 18.0 Å². The van der Waals surface area contributed by atoms with Crippen molar-refractivity contribution in [2.45, 2.75) is 19.8 Å². The highest BCUT2D eigenvalue weighted by Crippen LogP contribution is 2.28. The minimum absolute atomic E-state index is 0.0125. The van der Waals surface area contributed by atoms with Gasteiger partial charge >= 0.3 is 0 Å². The number of thiazole rings is 1. The molecule has 17 heavy (non-hydrogen) atoms. The Bertz CT molecular complexity index is 536. The molecule has 1 aromatic carbocycles.